The minimum Gasteiger partial charge on any atom is -0.481 e. The van der Waals surface area contributed by atoms with Crippen molar-refractivity contribution >= 4 is 18.0 Å². The van der Waals surface area contributed by atoms with E-state index in [1.807, 2.05) is 52.0 Å². The van der Waals surface area contributed by atoms with Gasteiger partial charge in [-0.3, -0.25) is 9.59 Å². The first-order valence-corrected chi connectivity index (χ1v) is 12.3. The molecule has 3 rings (SSSR count). The van der Waals surface area contributed by atoms with E-state index >= 15 is 0 Å². The van der Waals surface area contributed by atoms with E-state index in [1.165, 1.54) is 0 Å². The molecule has 1 unspecified atom stereocenters. The Morgan fingerprint density at radius 2 is 1.51 bits per heavy atom. The largest absolute Gasteiger partial charge is 0.481 e. The second-order valence-corrected chi connectivity index (χ2v) is 9.99. The second-order valence-electron chi connectivity index (χ2n) is 9.99. The number of hydrogen-bond acceptors (Lipinski definition) is 4. The highest BCUT2D eigenvalue weighted by atomic mass is 16.5. The van der Waals surface area contributed by atoms with Gasteiger partial charge in [0, 0.05) is 18.5 Å². The molecule has 0 saturated carbocycles. The number of amides is 2. The summed E-state index contributed by atoms with van der Waals surface area (Å²) in [6.45, 7) is 8.09. The smallest absolute Gasteiger partial charge is 0.407 e. The van der Waals surface area contributed by atoms with E-state index in [9.17, 15) is 14.4 Å². The number of rotatable bonds is 11. The molecule has 0 aromatic heterocycles. The quantitative estimate of drug-likeness (QED) is 0.428. The van der Waals surface area contributed by atoms with Gasteiger partial charge >= 0.3 is 12.1 Å². The molecule has 0 bridgehead atoms. The van der Waals surface area contributed by atoms with Gasteiger partial charge in [0.2, 0.25) is 5.91 Å². The van der Waals surface area contributed by atoms with Crippen LogP contribution in [0.25, 0.3) is 11.1 Å². The summed E-state index contributed by atoms with van der Waals surface area (Å²) in [4.78, 5) is 36.7. The summed E-state index contributed by atoms with van der Waals surface area (Å²) >= 11 is 0. The molecule has 188 valence electrons. The van der Waals surface area contributed by atoms with E-state index in [0.717, 1.165) is 22.3 Å². The predicted octanol–water partition coefficient (Wildman–Crippen LogP) is 4.80. The molecule has 1 aliphatic rings. The minimum absolute atomic E-state index is 0.0233. The van der Waals surface area contributed by atoms with Crippen LogP contribution < -0.4 is 10.6 Å². The highest BCUT2D eigenvalue weighted by Crippen LogP contribution is 2.44. The molecule has 0 aliphatic heterocycles. The van der Waals surface area contributed by atoms with Crippen molar-refractivity contribution in [2.45, 2.75) is 52.5 Å². The van der Waals surface area contributed by atoms with Crippen LogP contribution in [0.3, 0.4) is 0 Å². The lowest BCUT2D eigenvalue weighted by Gasteiger charge is -2.25. The number of carbonyl (C=O) groups is 3. The lowest BCUT2D eigenvalue weighted by molar-refractivity contribution is -0.138. The molecule has 0 radical (unpaired) electrons. The average molecular weight is 481 g/mol. The number of ether oxygens (including phenoxy) is 1. The molecule has 7 nitrogen and oxygen atoms in total. The van der Waals surface area contributed by atoms with Crippen molar-refractivity contribution in [2.75, 3.05) is 13.2 Å². The van der Waals surface area contributed by atoms with Gasteiger partial charge in [0.15, 0.2) is 0 Å². The number of aliphatic carboxylic acids is 1. The highest BCUT2D eigenvalue weighted by molar-refractivity contribution is 5.81. The van der Waals surface area contributed by atoms with Gasteiger partial charge in [-0.25, -0.2) is 4.79 Å². The van der Waals surface area contributed by atoms with E-state index in [4.69, 9.17) is 9.84 Å². The van der Waals surface area contributed by atoms with Gasteiger partial charge in [-0.15, -0.1) is 0 Å². The van der Waals surface area contributed by atoms with Gasteiger partial charge in [-0.1, -0.05) is 76.2 Å². The van der Waals surface area contributed by atoms with Crippen LogP contribution in [0.4, 0.5) is 4.79 Å². The van der Waals surface area contributed by atoms with Gasteiger partial charge in [0.1, 0.15) is 6.61 Å². The van der Waals surface area contributed by atoms with E-state index in [1.54, 1.807) is 0 Å². The molecular formula is C28H36N2O5. The van der Waals surface area contributed by atoms with Crippen LogP contribution in [-0.2, 0) is 14.3 Å². The van der Waals surface area contributed by atoms with Crippen LogP contribution in [0, 0.1) is 17.8 Å². The average Bonchev–Trinajstić information content (AvgIpc) is 3.13. The van der Waals surface area contributed by atoms with E-state index in [0.29, 0.717) is 6.42 Å². The fourth-order valence-electron chi connectivity index (χ4n) is 4.65. The predicted molar refractivity (Wildman–Crippen MR) is 135 cm³/mol. The summed E-state index contributed by atoms with van der Waals surface area (Å²) in [5.41, 5.74) is 4.59. The molecule has 2 atom stereocenters. The number of benzene rings is 2. The third-order valence-corrected chi connectivity index (χ3v) is 6.49. The Kier molecular flexibility index (Phi) is 8.90. The first-order valence-electron chi connectivity index (χ1n) is 12.3. The van der Waals surface area contributed by atoms with Gasteiger partial charge in [0.05, 0.1) is 12.3 Å². The maximum absolute atomic E-state index is 12.9. The molecule has 2 aromatic rings. The van der Waals surface area contributed by atoms with Crippen molar-refractivity contribution in [1.82, 2.24) is 10.6 Å². The molecule has 0 spiro atoms. The van der Waals surface area contributed by atoms with Crippen LogP contribution in [0.2, 0.25) is 0 Å². The third-order valence-electron chi connectivity index (χ3n) is 6.49. The van der Waals surface area contributed by atoms with Gasteiger partial charge in [-0.2, -0.15) is 0 Å². The van der Waals surface area contributed by atoms with Crippen molar-refractivity contribution in [3.8, 4) is 11.1 Å². The second kappa shape index (κ2) is 11.9. The normalized spacial score (nSPS) is 14.2. The molecule has 35 heavy (non-hydrogen) atoms. The topological polar surface area (TPSA) is 105 Å². The van der Waals surface area contributed by atoms with Crippen molar-refractivity contribution in [3.05, 3.63) is 59.7 Å². The summed E-state index contributed by atoms with van der Waals surface area (Å²) in [5, 5.41) is 14.8. The summed E-state index contributed by atoms with van der Waals surface area (Å²) < 4.78 is 5.59. The van der Waals surface area contributed by atoms with E-state index in [2.05, 4.69) is 34.9 Å². The van der Waals surface area contributed by atoms with Crippen molar-refractivity contribution in [1.29, 1.82) is 0 Å². The van der Waals surface area contributed by atoms with Crippen LogP contribution >= 0.6 is 0 Å². The molecule has 0 saturated heterocycles. The molecule has 0 fully saturated rings. The van der Waals surface area contributed by atoms with Gasteiger partial charge in [-0.05, 0) is 40.5 Å². The summed E-state index contributed by atoms with van der Waals surface area (Å²) in [5.74, 6) is -1.52. The van der Waals surface area contributed by atoms with Crippen molar-refractivity contribution in [2.24, 2.45) is 17.8 Å². The first-order chi connectivity index (χ1) is 16.7. The van der Waals surface area contributed by atoms with Gasteiger partial charge in [0.25, 0.3) is 0 Å². The fraction of sp³-hybridized carbons (Fsp3) is 0.464. The number of carbonyl (C=O) groups excluding carboxylic acids is 2. The number of carboxylic acid groups (broad SMARTS) is 1. The first kappa shape index (κ1) is 26.3. The summed E-state index contributed by atoms with van der Waals surface area (Å²) in [7, 11) is 0. The number of alkyl carbamates (subject to hydrolysis) is 1. The number of fused-ring (bicyclic) bond motifs is 3. The number of nitrogens with one attached hydrogen (secondary N) is 2. The number of carboxylic acids is 1. The molecule has 7 heteroatoms. The van der Waals surface area contributed by atoms with E-state index in [-0.39, 0.29) is 43.2 Å². The van der Waals surface area contributed by atoms with Crippen LogP contribution in [-0.4, -0.2) is 42.3 Å². The third kappa shape index (κ3) is 6.84. The zero-order chi connectivity index (χ0) is 25.5. The monoisotopic (exact) mass is 480 g/mol. The Bertz CT molecular complexity index is 1000. The zero-order valence-corrected chi connectivity index (χ0v) is 20.9. The lowest BCUT2D eigenvalue weighted by Crippen LogP contribution is -2.46. The Hall–Kier alpha value is -3.35. The standard InChI is InChI=1S/C28H36N2O5/c1-17(2)13-19(27(33)30-25(18(3)4)14-26(31)32)15-29-28(34)35-16-24-22-11-7-5-9-20(22)21-10-6-8-12-23(21)24/h5-12,17-19,24-25H,13-16H2,1-4H3,(H,29,34)(H,30,33)(H,31,32)/t19?,25-/m0/s1. The highest BCUT2D eigenvalue weighted by Gasteiger charge is 2.30. The molecule has 2 aromatic carbocycles. The molecule has 2 amide bonds. The van der Waals surface area contributed by atoms with Crippen LogP contribution in [0.15, 0.2) is 48.5 Å². The van der Waals surface area contributed by atoms with Crippen LogP contribution in [0.5, 0.6) is 0 Å². The Balaban J connectivity index is 1.59. The van der Waals surface area contributed by atoms with Crippen molar-refractivity contribution < 1.29 is 24.2 Å². The summed E-state index contributed by atoms with van der Waals surface area (Å²) in [6.07, 6.45) is -0.148. The zero-order valence-electron chi connectivity index (χ0n) is 20.9. The van der Waals surface area contributed by atoms with Crippen molar-refractivity contribution in [3.63, 3.8) is 0 Å². The maximum atomic E-state index is 12.9. The molecular weight excluding hydrogens is 444 g/mol. The fourth-order valence-corrected chi connectivity index (χ4v) is 4.65. The minimum atomic E-state index is -0.957. The molecule has 1 aliphatic carbocycles. The Morgan fingerprint density at radius 3 is 2.03 bits per heavy atom. The number of hydrogen-bond donors (Lipinski definition) is 3. The van der Waals surface area contributed by atoms with E-state index < -0.39 is 24.0 Å². The Labute approximate surface area is 207 Å². The van der Waals surface area contributed by atoms with Gasteiger partial charge < -0.3 is 20.5 Å². The SMILES string of the molecule is CC(C)CC(CNC(=O)OCC1c2ccccc2-c2ccccc21)C(=O)N[C@@H](CC(=O)O)C(C)C. The molecule has 0 heterocycles. The molecule has 3 N–H and O–H groups in total. The Morgan fingerprint density at radius 1 is 0.943 bits per heavy atom. The maximum Gasteiger partial charge on any atom is 0.407 e. The summed E-state index contributed by atoms with van der Waals surface area (Å²) in [6, 6.07) is 15.8. The van der Waals surface area contributed by atoms with Crippen LogP contribution in [0.1, 0.15) is 57.6 Å². The lowest BCUT2D eigenvalue weighted by atomic mass is 9.94.